The lowest BCUT2D eigenvalue weighted by molar-refractivity contribution is -0.143. The lowest BCUT2D eigenvalue weighted by atomic mass is 10.1. The second kappa shape index (κ2) is 18.1. The van der Waals surface area contributed by atoms with E-state index in [0.29, 0.717) is 29.3 Å². The van der Waals surface area contributed by atoms with Gasteiger partial charge in [0.15, 0.2) is 0 Å². The first-order chi connectivity index (χ1) is 19.1. The second-order valence-corrected chi connectivity index (χ2v) is 9.15. The number of primary amides is 1. The molecule has 3 rings (SSSR count). The third kappa shape index (κ3) is 12.5. The Morgan fingerprint density at radius 1 is 1.10 bits per heavy atom. The predicted octanol–water partition coefficient (Wildman–Crippen LogP) is 4.09. The van der Waals surface area contributed by atoms with Gasteiger partial charge in [-0.25, -0.2) is 0 Å². The van der Waals surface area contributed by atoms with E-state index in [1.54, 1.807) is 19.1 Å². The average Bonchev–Trinajstić information content (AvgIpc) is 3.18. The molecule has 11 heteroatoms. The van der Waals surface area contributed by atoms with Crippen molar-refractivity contribution in [2.45, 2.75) is 52.4 Å². The van der Waals surface area contributed by atoms with E-state index in [2.05, 4.69) is 28.5 Å². The van der Waals surface area contributed by atoms with Gasteiger partial charge in [-0.1, -0.05) is 24.1 Å². The van der Waals surface area contributed by atoms with E-state index in [-0.39, 0.29) is 36.0 Å². The van der Waals surface area contributed by atoms with Crippen LogP contribution in [0.4, 0.5) is 5.69 Å². The molecule has 0 saturated heterocycles. The molecule has 1 heterocycles. The molecule has 6 N–H and O–H groups in total. The van der Waals surface area contributed by atoms with Crippen LogP contribution in [0.25, 0.3) is 0 Å². The number of phenols is 2. The van der Waals surface area contributed by atoms with E-state index in [9.17, 15) is 24.6 Å². The van der Waals surface area contributed by atoms with Gasteiger partial charge in [0.25, 0.3) is 5.91 Å². The Kier molecular flexibility index (Phi) is 15.3. The Labute approximate surface area is 240 Å². The summed E-state index contributed by atoms with van der Waals surface area (Å²) in [5, 5.41) is 25.3. The summed E-state index contributed by atoms with van der Waals surface area (Å²) in [6, 6.07) is 7.96. The number of benzene rings is 2. The molecule has 0 aliphatic carbocycles. The third-order valence-electron chi connectivity index (χ3n) is 5.46. The number of hydrogen-bond acceptors (Lipinski definition) is 8. The lowest BCUT2D eigenvalue weighted by Crippen LogP contribution is -2.33. The lowest BCUT2D eigenvalue weighted by Gasteiger charge is -2.11. The number of phenolic OH excluding ortho intramolecular Hbond substituents is 2. The fraction of sp³-hybridized carbons (Fsp3) is 0.379. The van der Waals surface area contributed by atoms with Crippen molar-refractivity contribution in [3.05, 3.63) is 52.0 Å². The highest BCUT2D eigenvalue weighted by Crippen LogP contribution is 2.29. The zero-order valence-corrected chi connectivity index (χ0v) is 23.6. The van der Waals surface area contributed by atoms with Gasteiger partial charge in [-0.2, -0.15) is 0 Å². The number of nitrogens with zero attached hydrogens (tertiary/aromatic N) is 1. The third-order valence-corrected chi connectivity index (χ3v) is 5.74. The summed E-state index contributed by atoms with van der Waals surface area (Å²) >= 11 is 5.83. The number of aliphatic imine (C=N–C) groups is 1. The van der Waals surface area contributed by atoms with Crippen molar-refractivity contribution < 1.29 is 29.3 Å². The van der Waals surface area contributed by atoms with Crippen molar-refractivity contribution in [3.63, 3.8) is 0 Å². The van der Waals surface area contributed by atoms with Crippen molar-refractivity contribution >= 4 is 40.9 Å². The smallest absolute Gasteiger partial charge is 0.306 e. The molecule has 0 bridgehead atoms. The van der Waals surface area contributed by atoms with Crippen LogP contribution in [0.3, 0.4) is 0 Å². The van der Waals surface area contributed by atoms with Gasteiger partial charge >= 0.3 is 5.97 Å². The van der Waals surface area contributed by atoms with Crippen molar-refractivity contribution in [1.29, 1.82) is 0 Å². The Bertz CT molecular complexity index is 1210. The molecule has 0 spiro atoms. The highest BCUT2D eigenvalue weighted by Gasteiger charge is 2.12. The summed E-state index contributed by atoms with van der Waals surface area (Å²) in [4.78, 5) is 38.2. The maximum absolute atomic E-state index is 11.9. The average molecular weight is 573 g/mol. The van der Waals surface area contributed by atoms with Crippen LogP contribution in [-0.4, -0.2) is 53.5 Å². The molecule has 0 unspecified atom stereocenters. The number of carbonyl (C=O) groups is 3. The Morgan fingerprint density at radius 3 is 2.50 bits per heavy atom. The van der Waals surface area contributed by atoms with Crippen LogP contribution in [0.2, 0.25) is 5.02 Å². The maximum atomic E-state index is 11.9. The largest absolute Gasteiger partial charge is 0.508 e. The van der Waals surface area contributed by atoms with Crippen LogP contribution in [0.1, 0.15) is 60.5 Å². The zero-order chi connectivity index (χ0) is 30.1. The number of amides is 2. The Morgan fingerprint density at radius 2 is 1.82 bits per heavy atom. The van der Waals surface area contributed by atoms with E-state index in [4.69, 9.17) is 22.1 Å². The van der Waals surface area contributed by atoms with E-state index in [1.807, 2.05) is 13.0 Å². The summed E-state index contributed by atoms with van der Waals surface area (Å²) in [7, 11) is 0. The van der Waals surface area contributed by atoms with Crippen molar-refractivity contribution in [2.75, 3.05) is 25.0 Å². The predicted molar refractivity (Wildman–Crippen MR) is 157 cm³/mol. The van der Waals surface area contributed by atoms with E-state index >= 15 is 0 Å². The summed E-state index contributed by atoms with van der Waals surface area (Å²) < 4.78 is 4.81. The van der Waals surface area contributed by atoms with Gasteiger partial charge in [-0.15, -0.1) is 12.8 Å². The minimum atomic E-state index is -0.625. The number of nitrogens with two attached hydrogens (primary N) is 1. The zero-order valence-electron chi connectivity index (χ0n) is 22.8. The second-order valence-electron chi connectivity index (χ2n) is 8.74. The molecule has 2 aromatic rings. The van der Waals surface area contributed by atoms with Gasteiger partial charge in [-0.05, 0) is 62.4 Å². The minimum Gasteiger partial charge on any atom is -0.508 e. The van der Waals surface area contributed by atoms with Crippen LogP contribution in [0, 0.1) is 19.8 Å². The van der Waals surface area contributed by atoms with Crippen molar-refractivity contribution in [2.24, 2.45) is 10.7 Å². The number of anilines is 1. The quantitative estimate of drug-likeness (QED) is 0.235. The number of aryl methyl sites for hydroxylation is 2. The topological polar surface area (TPSA) is 163 Å². The summed E-state index contributed by atoms with van der Waals surface area (Å²) in [6.07, 6.45) is 12.8. The molecule has 40 heavy (non-hydrogen) atoms. The fourth-order valence-electron chi connectivity index (χ4n) is 3.69. The van der Waals surface area contributed by atoms with E-state index in [0.717, 1.165) is 43.6 Å². The number of hydrogen-bond donors (Lipinski definition) is 5. The Hall–Kier alpha value is -4.23. The molecule has 2 aromatic carbocycles. The molecule has 0 saturated carbocycles. The maximum Gasteiger partial charge on any atom is 0.306 e. The molecular formula is C29H37ClN4O6. The number of carbonyl (C=O) groups excluding carboxylic acids is 3. The van der Waals surface area contributed by atoms with Gasteiger partial charge in [0, 0.05) is 36.7 Å². The standard InChI is InChI=1S/C15H20N4O3.C12H15ClO3.C2H2/c16-13(21)9-18-15(22)10-6-11(8-12(20)7-10)19-14-4-2-1-3-5-17-14;1-3-16-11(14)5-4-9-6-8(2)7-10(13)12(9)15;1-2/h6-8,20H,1-5,9H2,(H2,16,21)(H,17,19)(H,18,22);6-7,15H,3-5H2,1-2H3;1-2H. The van der Waals surface area contributed by atoms with Gasteiger partial charge in [0.2, 0.25) is 5.91 Å². The van der Waals surface area contributed by atoms with Gasteiger partial charge in [0.1, 0.15) is 17.3 Å². The van der Waals surface area contributed by atoms with Crippen LogP contribution < -0.4 is 16.4 Å². The first-order valence-electron chi connectivity index (χ1n) is 12.8. The molecule has 1 aliphatic rings. The van der Waals surface area contributed by atoms with E-state index < -0.39 is 11.8 Å². The number of esters is 1. The molecule has 216 valence electrons. The Balaban J connectivity index is 0.000000394. The fourth-order valence-corrected chi connectivity index (χ4v) is 3.99. The van der Waals surface area contributed by atoms with E-state index in [1.165, 1.54) is 12.1 Å². The minimum absolute atomic E-state index is 0.0385. The summed E-state index contributed by atoms with van der Waals surface area (Å²) in [5.74, 6) is -0.494. The molecular weight excluding hydrogens is 536 g/mol. The summed E-state index contributed by atoms with van der Waals surface area (Å²) in [6.45, 7) is 4.56. The van der Waals surface area contributed by atoms with Crippen molar-refractivity contribution in [1.82, 2.24) is 5.32 Å². The monoisotopic (exact) mass is 572 g/mol. The van der Waals surface area contributed by atoms with Gasteiger partial charge < -0.3 is 31.3 Å². The molecule has 0 atom stereocenters. The molecule has 10 nitrogen and oxygen atoms in total. The molecule has 1 aliphatic heterocycles. The normalized spacial score (nSPS) is 12.2. The van der Waals surface area contributed by atoms with Crippen LogP contribution in [0.15, 0.2) is 35.3 Å². The van der Waals surface area contributed by atoms with Gasteiger partial charge in [0.05, 0.1) is 18.2 Å². The number of terminal acetylenes is 1. The number of halogens is 1. The van der Waals surface area contributed by atoms with Crippen molar-refractivity contribution in [3.8, 4) is 24.3 Å². The number of amidine groups is 1. The van der Waals surface area contributed by atoms with Crippen LogP contribution >= 0.6 is 11.6 Å². The highest BCUT2D eigenvalue weighted by molar-refractivity contribution is 6.32. The molecule has 2 amide bonds. The SMILES string of the molecule is C#C.CCOC(=O)CCc1cc(C)cc(Cl)c1O.NC(=O)CNC(=O)c1cc(O)cc(NC2=NCCCCC2)c1. The summed E-state index contributed by atoms with van der Waals surface area (Å²) in [5.41, 5.74) is 7.46. The van der Waals surface area contributed by atoms with Gasteiger partial charge in [-0.3, -0.25) is 19.4 Å². The highest BCUT2D eigenvalue weighted by atomic mass is 35.5. The number of ether oxygens (including phenoxy) is 1. The number of nitrogens with one attached hydrogen (secondary N) is 2. The number of aromatic hydroxyl groups is 2. The molecule has 0 radical (unpaired) electrons. The number of rotatable bonds is 8. The van der Waals surface area contributed by atoms with Crippen LogP contribution in [0.5, 0.6) is 11.5 Å². The molecule has 0 fully saturated rings. The first-order valence-corrected chi connectivity index (χ1v) is 13.1. The molecule has 0 aromatic heterocycles. The first kappa shape index (κ1) is 33.8. The van der Waals surface area contributed by atoms with Crippen LogP contribution in [-0.2, 0) is 20.7 Å².